The Morgan fingerprint density at radius 1 is 1.38 bits per heavy atom. The van der Waals surface area contributed by atoms with Crippen LogP contribution in [0.3, 0.4) is 0 Å². The molecule has 0 aliphatic rings. The van der Waals surface area contributed by atoms with Crippen LogP contribution >= 0.6 is 22.6 Å². The molecule has 1 aromatic carbocycles. The van der Waals surface area contributed by atoms with Gasteiger partial charge in [0.25, 0.3) is 0 Å². The minimum Gasteiger partial charge on any atom is -0.478 e. The van der Waals surface area contributed by atoms with Crippen molar-refractivity contribution in [3.05, 3.63) is 26.8 Å². The molecule has 0 radical (unpaired) electrons. The van der Waals surface area contributed by atoms with E-state index >= 15 is 0 Å². The van der Waals surface area contributed by atoms with Crippen molar-refractivity contribution in [1.29, 1.82) is 0 Å². The summed E-state index contributed by atoms with van der Waals surface area (Å²) in [6.45, 7) is -3.99. The molecule has 1 N–H and O–H groups in total. The van der Waals surface area contributed by atoms with Gasteiger partial charge in [0.1, 0.15) is 0 Å². The van der Waals surface area contributed by atoms with Gasteiger partial charge in [-0.05, 0) is 35.6 Å². The van der Waals surface area contributed by atoms with Crippen LogP contribution in [0, 0.1) is 10.5 Å². The SMILES string of the molecule is Cc1c(C(=O)O)cc(I)cc1[B-](F)(F)F.[K+]. The first-order valence-electron chi connectivity index (χ1n) is 3.96. The van der Waals surface area contributed by atoms with Gasteiger partial charge in [-0.15, -0.1) is 5.46 Å². The summed E-state index contributed by atoms with van der Waals surface area (Å²) >= 11 is 1.67. The quantitative estimate of drug-likeness (QED) is 0.557. The van der Waals surface area contributed by atoms with Crippen LogP contribution in [0.4, 0.5) is 12.9 Å². The number of aromatic carboxylic acids is 1. The smallest absolute Gasteiger partial charge is 0.478 e. The summed E-state index contributed by atoms with van der Waals surface area (Å²) in [4.78, 5) is 10.7. The van der Waals surface area contributed by atoms with Crippen LogP contribution in [-0.4, -0.2) is 18.1 Å². The number of carboxylic acids is 1. The second kappa shape index (κ2) is 6.19. The number of carboxylic acid groups (broad SMARTS) is 1. The molecule has 16 heavy (non-hydrogen) atoms. The van der Waals surface area contributed by atoms with E-state index in [1.54, 1.807) is 22.6 Å². The van der Waals surface area contributed by atoms with Crippen LogP contribution in [0.5, 0.6) is 0 Å². The monoisotopic (exact) mass is 368 g/mol. The van der Waals surface area contributed by atoms with E-state index in [2.05, 4.69) is 0 Å². The van der Waals surface area contributed by atoms with Gasteiger partial charge in [0.05, 0.1) is 5.56 Å². The fraction of sp³-hybridized carbons (Fsp3) is 0.125. The Hall–Kier alpha value is 0.911. The molecule has 1 aromatic rings. The van der Waals surface area contributed by atoms with E-state index in [9.17, 15) is 17.7 Å². The zero-order valence-corrected chi connectivity index (χ0v) is 13.9. The average Bonchev–Trinajstić information content (AvgIpc) is 2.06. The molecule has 0 bridgehead atoms. The topological polar surface area (TPSA) is 37.3 Å². The maximum absolute atomic E-state index is 12.5. The Bertz CT molecular complexity index is 422. The third-order valence-electron chi connectivity index (χ3n) is 2.00. The number of hydrogen-bond acceptors (Lipinski definition) is 1. The number of halogens is 4. The number of hydrogen-bond donors (Lipinski definition) is 1. The zero-order chi connectivity index (χ0) is 11.8. The average molecular weight is 368 g/mol. The fourth-order valence-electron chi connectivity index (χ4n) is 1.26. The first kappa shape index (κ1) is 16.9. The second-order valence-corrected chi connectivity index (χ2v) is 4.29. The summed E-state index contributed by atoms with van der Waals surface area (Å²) in [6, 6.07) is 2.19. The van der Waals surface area contributed by atoms with Crippen molar-refractivity contribution < 1.29 is 74.2 Å². The van der Waals surface area contributed by atoms with Gasteiger partial charge in [-0.2, -0.15) is 0 Å². The number of benzene rings is 1. The zero-order valence-electron chi connectivity index (χ0n) is 8.60. The largest absolute Gasteiger partial charge is 1.00 e. The summed E-state index contributed by atoms with van der Waals surface area (Å²) in [5.74, 6) is -1.34. The molecule has 2 nitrogen and oxygen atoms in total. The number of carbonyl (C=O) groups is 1. The first-order chi connectivity index (χ1) is 6.73. The van der Waals surface area contributed by atoms with Crippen molar-refractivity contribution in [1.82, 2.24) is 0 Å². The molecule has 1 rings (SSSR count). The van der Waals surface area contributed by atoms with E-state index in [0.29, 0.717) is 0 Å². The Kier molecular flexibility index (Phi) is 6.54. The molecule has 0 atom stereocenters. The number of rotatable bonds is 2. The van der Waals surface area contributed by atoms with E-state index in [0.717, 1.165) is 6.07 Å². The minimum absolute atomic E-state index is 0. The van der Waals surface area contributed by atoms with Gasteiger partial charge in [-0.25, -0.2) is 4.79 Å². The summed E-state index contributed by atoms with van der Waals surface area (Å²) < 4.78 is 37.9. The molecule has 0 spiro atoms. The van der Waals surface area contributed by atoms with E-state index in [-0.39, 0.29) is 66.1 Å². The molecule has 0 aliphatic carbocycles. The molecule has 0 saturated carbocycles. The van der Waals surface area contributed by atoms with Crippen molar-refractivity contribution in [2.75, 3.05) is 0 Å². The maximum atomic E-state index is 12.5. The van der Waals surface area contributed by atoms with E-state index in [1.807, 2.05) is 0 Å². The summed E-state index contributed by atoms with van der Waals surface area (Å²) in [5.41, 5.74) is -1.36. The summed E-state index contributed by atoms with van der Waals surface area (Å²) in [5, 5.41) is 8.72. The molecule has 0 amide bonds. The van der Waals surface area contributed by atoms with Crippen LogP contribution in [-0.2, 0) is 0 Å². The van der Waals surface area contributed by atoms with Crippen LogP contribution < -0.4 is 56.8 Å². The molecule has 0 aliphatic heterocycles. The molecular weight excluding hydrogens is 362 g/mol. The summed E-state index contributed by atoms with van der Waals surface area (Å²) in [6.07, 6.45) is 0. The molecule has 0 fully saturated rings. The standard InChI is InChI=1S/C8H6BF3IO2.K/c1-4-6(8(14)15)2-5(13)3-7(4)9(10,11)12;/h2-3H,1H3,(H,14,15);/q-1;+1. The van der Waals surface area contributed by atoms with E-state index < -0.39 is 18.4 Å². The van der Waals surface area contributed by atoms with Gasteiger partial charge >= 0.3 is 64.3 Å². The predicted molar refractivity (Wildman–Crippen MR) is 59.6 cm³/mol. The van der Waals surface area contributed by atoms with Crippen LogP contribution in [0.15, 0.2) is 12.1 Å². The van der Waals surface area contributed by atoms with E-state index in [1.165, 1.54) is 13.0 Å². The van der Waals surface area contributed by atoms with Crippen molar-refractivity contribution >= 4 is 41.0 Å². The van der Waals surface area contributed by atoms with Crippen molar-refractivity contribution in [3.63, 3.8) is 0 Å². The molecule has 0 saturated heterocycles. The predicted octanol–water partition coefficient (Wildman–Crippen LogP) is -0.644. The van der Waals surface area contributed by atoms with Crippen LogP contribution in [0.2, 0.25) is 0 Å². The third-order valence-corrected chi connectivity index (χ3v) is 2.62. The third kappa shape index (κ3) is 3.98. The molecular formula is C8H6BF3IKO2. The van der Waals surface area contributed by atoms with Gasteiger partial charge < -0.3 is 18.1 Å². The van der Waals surface area contributed by atoms with Crippen molar-refractivity contribution in [3.8, 4) is 0 Å². The van der Waals surface area contributed by atoms with Crippen molar-refractivity contribution in [2.45, 2.75) is 6.92 Å². The summed E-state index contributed by atoms with van der Waals surface area (Å²) in [7, 11) is 0. The maximum Gasteiger partial charge on any atom is 1.00 e. The Morgan fingerprint density at radius 3 is 2.25 bits per heavy atom. The van der Waals surface area contributed by atoms with Gasteiger partial charge in [-0.1, -0.05) is 11.6 Å². The molecule has 0 aromatic heterocycles. The minimum atomic E-state index is -5.16. The molecule has 82 valence electrons. The van der Waals surface area contributed by atoms with Gasteiger partial charge in [0.2, 0.25) is 0 Å². The van der Waals surface area contributed by atoms with Gasteiger partial charge in [0.15, 0.2) is 0 Å². The Balaban J connectivity index is 0.00000225. The van der Waals surface area contributed by atoms with Gasteiger partial charge in [-0.3, -0.25) is 0 Å². The normalized spacial score (nSPS) is 10.8. The van der Waals surface area contributed by atoms with Gasteiger partial charge in [0, 0.05) is 3.57 Å². The molecule has 0 heterocycles. The first-order valence-corrected chi connectivity index (χ1v) is 5.04. The van der Waals surface area contributed by atoms with E-state index in [4.69, 9.17) is 5.11 Å². The van der Waals surface area contributed by atoms with Crippen LogP contribution in [0.1, 0.15) is 15.9 Å². The Labute approximate surface area is 147 Å². The second-order valence-electron chi connectivity index (χ2n) is 3.05. The fourth-order valence-corrected chi connectivity index (χ4v) is 1.91. The van der Waals surface area contributed by atoms with Crippen LogP contribution in [0.25, 0.3) is 0 Å². The van der Waals surface area contributed by atoms with Crippen molar-refractivity contribution in [2.24, 2.45) is 0 Å². The molecule has 0 unspecified atom stereocenters. The molecule has 8 heteroatoms. The Morgan fingerprint density at radius 2 is 1.88 bits per heavy atom.